The standard InChI is InChI=1S/C17H17FO2/c1-10-5-8-15(18)14(9-10)16(19)13-7-6-11(2)12(3)17(13)20-4/h5-9H,1-4H3. The molecule has 0 heterocycles. The van der Waals surface area contributed by atoms with Gasteiger partial charge in [-0.2, -0.15) is 0 Å². The van der Waals surface area contributed by atoms with E-state index in [1.807, 2.05) is 26.8 Å². The lowest BCUT2D eigenvalue weighted by molar-refractivity contribution is 0.103. The van der Waals surface area contributed by atoms with Gasteiger partial charge in [0.15, 0.2) is 5.78 Å². The molecule has 0 radical (unpaired) electrons. The van der Waals surface area contributed by atoms with Crippen molar-refractivity contribution in [2.24, 2.45) is 0 Å². The summed E-state index contributed by atoms with van der Waals surface area (Å²) < 4.78 is 19.2. The molecule has 2 aromatic rings. The number of ketones is 1. The fraction of sp³-hybridized carbons (Fsp3) is 0.235. The minimum Gasteiger partial charge on any atom is -0.496 e. The van der Waals surface area contributed by atoms with Crippen LogP contribution in [0.5, 0.6) is 5.75 Å². The Morgan fingerprint density at radius 3 is 2.40 bits per heavy atom. The largest absolute Gasteiger partial charge is 0.496 e. The van der Waals surface area contributed by atoms with Crippen LogP contribution >= 0.6 is 0 Å². The predicted molar refractivity (Wildman–Crippen MR) is 77.0 cm³/mol. The topological polar surface area (TPSA) is 26.3 Å². The van der Waals surface area contributed by atoms with Crippen molar-refractivity contribution in [3.8, 4) is 5.75 Å². The van der Waals surface area contributed by atoms with E-state index in [9.17, 15) is 9.18 Å². The van der Waals surface area contributed by atoms with Gasteiger partial charge in [0.05, 0.1) is 18.2 Å². The van der Waals surface area contributed by atoms with Crippen LogP contribution in [-0.4, -0.2) is 12.9 Å². The second-order valence-electron chi connectivity index (χ2n) is 4.90. The van der Waals surface area contributed by atoms with E-state index in [4.69, 9.17) is 4.74 Å². The van der Waals surface area contributed by atoms with Gasteiger partial charge in [-0.1, -0.05) is 17.7 Å². The first kappa shape index (κ1) is 14.3. The van der Waals surface area contributed by atoms with Gasteiger partial charge in [-0.15, -0.1) is 0 Å². The number of benzene rings is 2. The van der Waals surface area contributed by atoms with Crippen LogP contribution in [0.3, 0.4) is 0 Å². The highest BCUT2D eigenvalue weighted by Crippen LogP contribution is 2.29. The highest BCUT2D eigenvalue weighted by molar-refractivity contribution is 6.11. The number of carbonyl (C=O) groups is 1. The Hall–Kier alpha value is -2.16. The Morgan fingerprint density at radius 2 is 1.75 bits per heavy atom. The molecule has 0 aliphatic carbocycles. The van der Waals surface area contributed by atoms with Gasteiger partial charge in [-0.05, 0) is 50.1 Å². The first-order valence-electron chi connectivity index (χ1n) is 6.40. The van der Waals surface area contributed by atoms with E-state index in [0.717, 1.165) is 16.7 Å². The molecular weight excluding hydrogens is 255 g/mol. The normalized spacial score (nSPS) is 10.4. The van der Waals surface area contributed by atoms with Gasteiger partial charge in [0.25, 0.3) is 0 Å². The second kappa shape index (κ2) is 5.45. The van der Waals surface area contributed by atoms with Crippen molar-refractivity contribution in [1.82, 2.24) is 0 Å². The van der Waals surface area contributed by atoms with Crippen LogP contribution in [0.15, 0.2) is 30.3 Å². The molecule has 2 nitrogen and oxygen atoms in total. The fourth-order valence-electron chi connectivity index (χ4n) is 2.19. The van der Waals surface area contributed by atoms with E-state index >= 15 is 0 Å². The fourth-order valence-corrected chi connectivity index (χ4v) is 2.19. The zero-order valence-corrected chi connectivity index (χ0v) is 12.1. The minimum atomic E-state index is -0.513. The number of ether oxygens (including phenoxy) is 1. The molecule has 3 heteroatoms. The highest BCUT2D eigenvalue weighted by atomic mass is 19.1. The van der Waals surface area contributed by atoms with E-state index in [-0.39, 0.29) is 11.3 Å². The second-order valence-corrected chi connectivity index (χ2v) is 4.90. The van der Waals surface area contributed by atoms with E-state index in [1.165, 1.54) is 13.2 Å². The summed E-state index contributed by atoms with van der Waals surface area (Å²) in [5.41, 5.74) is 3.23. The van der Waals surface area contributed by atoms with Crippen molar-refractivity contribution in [1.29, 1.82) is 0 Å². The summed E-state index contributed by atoms with van der Waals surface area (Å²) in [7, 11) is 1.52. The van der Waals surface area contributed by atoms with Crippen molar-refractivity contribution in [2.45, 2.75) is 20.8 Å². The molecule has 0 aromatic heterocycles. The van der Waals surface area contributed by atoms with Gasteiger partial charge in [-0.25, -0.2) is 4.39 Å². The van der Waals surface area contributed by atoms with Gasteiger partial charge in [0, 0.05) is 0 Å². The summed E-state index contributed by atoms with van der Waals surface area (Å²) in [5, 5.41) is 0. The third-order valence-electron chi connectivity index (χ3n) is 3.49. The average molecular weight is 272 g/mol. The van der Waals surface area contributed by atoms with Crippen LogP contribution in [0.2, 0.25) is 0 Å². The van der Waals surface area contributed by atoms with Crippen molar-refractivity contribution in [2.75, 3.05) is 7.11 Å². The third kappa shape index (κ3) is 2.44. The number of methoxy groups -OCH3 is 1. The van der Waals surface area contributed by atoms with Crippen LogP contribution in [0.25, 0.3) is 0 Å². The molecule has 20 heavy (non-hydrogen) atoms. The number of aryl methyl sites for hydroxylation is 2. The number of hydrogen-bond acceptors (Lipinski definition) is 2. The van der Waals surface area contributed by atoms with Crippen LogP contribution in [0.4, 0.5) is 4.39 Å². The van der Waals surface area contributed by atoms with Gasteiger partial charge in [0.2, 0.25) is 0 Å². The monoisotopic (exact) mass is 272 g/mol. The first-order chi connectivity index (χ1) is 9.45. The predicted octanol–water partition coefficient (Wildman–Crippen LogP) is 3.99. The van der Waals surface area contributed by atoms with Gasteiger partial charge in [-0.3, -0.25) is 4.79 Å². The van der Waals surface area contributed by atoms with E-state index < -0.39 is 5.82 Å². The van der Waals surface area contributed by atoms with Crippen LogP contribution < -0.4 is 4.74 Å². The maximum atomic E-state index is 13.9. The molecule has 0 N–H and O–H groups in total. The Balaban J connectivity index is 2.59. The maximum Gasteiger partial charge on any atom is 0.199 e. The van der Waals surface area contributed by atoms with Crippen LogP contribution in [0, 0.1) is 26.6 Å². The zero-order chi connectivity index (χ0) is 14.9. The number of halogens is 1. The maximum absolute atomic E-state index is 13.9. The lowest BCUT2D eigenvalue weighted by atomic mass is 9.96. The molecule has 0 saturated heterocycles. The van der Waals surface area contributed by atoms with Gasteiger partial charge < -0.3 is 4.74 Å². The molecule has 0 unspecified atom stereocenters. The van der Waals surface area contributed by atoms with E-state index in [0.29, 0.717) is 11.3 Å². The first-order valence-corrected chi connectivity index (χ1v) is 6.40. The third-order valence-corrected chi connectivity index (χ3v) is 3.49. The molecule has 0 amide bonds. The van der Waals surface area contributed by atoms with E-state index in [1.54, 1.807) is 18.2 Å². The molecule has 2 rings (SSSR count). The lowest BCUT2D eigenvalue weighted by Crippen LogP contribution is -2.08. The quantitative estimate of drug-likeness (QED) is 0.790. The summed E-state index contributed by atoms with van der Waals surface area (Å²) in [6.07, 6.45) is 0. The molecular formula is C17H17FO2. The Morgan fingerprint density at radius 1 is 1.05 bits per heavy atom. The van der Waals surface area contributed by atoms with Gasteiger partial charge in [0.1, 0.15) is 11.6 Å². The van der Waals surface area contributed by atoms with Crippen molar-refractivity contribution < 1.29 is 13.9 Å². The molecule has 0 aliphatic heterocycles. The van der Waals surface area contributed by atoms with Gasteiger partial charge >= 0.3 is 0 Å². The Labute approximate surface area is 118 Å². The SMILES string of the molecule is COc1c(C(=O)c2cc(C)ccc2F)ccc(C)c1C. The summed E-state index contributed by atoms with van der Waals surface area (Å²) in [6.45, 7) is 5.66. The number of carbonyl (C=O) groups excluding carboxylic acids is 1. The molecule has 0 atom stereocenters. The Bertz CT molecular complexity index is 675. The molecule has 0 bridgehead atoms. The summed E-state index contributed by atoms with van der Waals surface area (Å²) >= 11 is 0. The molecule has 0 fully saturated rings. The summed E-state index contributed by atoms with van der Waals surface area (Å²) in [6, 6.07) is 8.05. The zero-order valence-electron chi connectivity index (χ0n) is 12.1. The molecule has 0 saturated carbocycles. The summed E-state index contributed by atoms with van der Waals surface area (Å²) in [4.78, 5) is 12.5. The summed E-state index contributed by atoms with van der Waals surface area (Å²) in [5.74, 6) is -0.358. The number of hydrogen-bond donors (Lipinski definition) is 0. The van der Waals surface area contributed by atoms with Crippen molar-refractivity contribution >= 4 is 5.78 Å². The molecule has 104 valence electrons. The Kier molecular flexibility index (Phi) is 3.89. The van der Waals surface area contributed by atoms with E-state index in [2.05, 4.69) is 0 Å². The molecule has 2 aromatic carbocycles. The minimum absolute atomic E-state index is 0.0755. The highest BCUT2D eigenvalue weighted by Gasteiger charge is 2.20. The number of rotatable bonds is 3. The molecule has 0 spiro atoms. The molecule has 0 aliphatic rings. The smallest absolute Gasteiger partial charge is 0.199 e. The van der Waals surface area contributed by atoms with Crippen LogP contribution in [0.1, 0.15) is 32.6 Å². The van der Waals surface area contributed by atoms with Crippen molar-refractivity contribution in [3.05, 3.63) is 64.0 Å². The van der Waals surface area contributed by atoms with Crippen molar-refractivity contribution in [3.63, 3.8) is 0 Å². The van der Waals surface area contributed by atoms with Crippen LogP contribution in [-0.2, 0) is 0 Å². The lowest BCUT2D eigenvalue weighted by Gasteiger charge is -2.13. The average Bonchev–Trinajstić information content (AvgIpc) is 2.43.